The van der Waals surface area contributed by atoms with Crippen LogP contribution in [0.5, 0.6) is 0 Å². The first-order valence-corrected chi connectivity index (χ1v) is 6.07. The average Bonchev–Trinajstić information content (AvgIpc) is 2.37. The number of benzene rings is 1. The summed E-state index contributed by atoms with van der Waals surface area (Å²) in [5.41, 5.74) is 6.67. The molecule has 0 aliphatic carbocycles. The van der Waals surface area contributed by atoms with Crippen LogP contribution in [0, 0.1) is 0 Å². The Kier molecular flexibility index (Phi) is 4.06. The van der Waals surface area contributed by atoms with E-state index in [1.807, 2.05) is 18.2 Å². The van der Waals surface area contributed by atoms with Crippen LogP contribution in [0.1, 0.15) is 11.4 Å². The topological polar surface area (TPSA) is 63.8 Å². The Morgan fingerprint density at radius 3 is 2.94 bits per heavy atom. The summed E-state index contributed by atoms with van der Waals surface area (Å²) >= 11 is 3.44. The van der Waals surface area contributed by atoms with Gasteiger partial charge < -0.3 is 11.1 Å². The van der Waals surface area contributed by atoms with E-state index in [0.29, 0.717) is 12.4 Å². The molecule has 1 heterocycles. The maximum Gasteiger partial charge on any atom is 0.144 e. The van der Waals surface area contributed by atoms with Crippen molar-refractivity contribution in [2.75, 3.05) is 5.32 Å². The molecule has 1 aromatic heterocycles. The molecule has 0 fully saturated rings. The number of halogens is 1. The molecule has 4 nitrogen and oxygen atoms in total. The van der Waals surface area contributed by atoms with Crippen molar-refractivity contribution in [3.05, 3.63) is 52.4 Å². The Labute approximate surface area is 108 Å². The number of nitrogens with two attached hydrogens (primary N) is 1. The second-order valence-corrected chi connectivity index (χ2v) is 4.46. The highest BCUT2D eigenvalue weighted by molar-refractivity contribution is 9.10. The second kappa shape index (κ2) is 5.75. The minimum absolute atomic E-state index is 0.354. The van der Waals surface area contributed by atoms with E-state index in [2.05, 4.69) is 43.3 Å². The third kappa shape index (κ3) is 3.51. The smallest absolute Gasteiger partial charge is 0.144 e. The molecule has 1 aromatic carbocycles. The van der Waals surface area contributed by atoms with Gasteiger partial charge in [0.25, 0.3) is 0 Å². The molecule has 0 amide bonds. The molecule has 2 aromatic rings. The van der Waals surface area contributed by atoms with Crippen LogP contribution in [-0.2, 0) is 13.1 Å². The second-order valence-electron chi connectivity index (χ2n) is 3.55. The van der Waals surface area contributed by atoms with Crippen LogP contribution in [0.4, 0.5) is 5.82 Å². The fourth-order valence-electron chi connectivity index (χ4n) is 1.44. The molecular formula is C12H13BrN4. The number of anilines is 1. The molecule has 2 rings (SSSR count). The van der Waals surface area contributed by atoms with Crippen molar-refractivity contribution < 1.29 is 0 Å². The quantitative estimate of drug-likeness (QED) is 0.908. The molecule has 0 bridgehead atoms. The molecular weight excluding hydrogens is 280 g/mol. The fourth-order valence-corrected chi connectivity index (χ4v) is 1.88. The number of hydrogen-bond acceptors (Lipinski definition) is 4. The van der Waals surface area contributed by atoms with Gasteiger partial charge in [0, 0.05) is 17.2 Å². The van der Waals surface area contributed by atoms with Gasteiger partial charge in [0.15, 0.2) is 0 Å². The van der Waals surface area contributed by atoms with Crippen LogP contribution >= 0.6 is 15.9 Å². The molecule has 0 unspecified atom stereocenters. The van der Waals surface area contributed by atoms with Crippen LogP contribution in [0.15, 0.2) is 41.0 Å². The van der Waals surface area contributed by atoms with Crippen LogP contribution in [-0.4, -0.2) is 9.97 Å². The van der Waals surface area contributed by atoms with Gasteiger partial charge in [0.05, 0.1) is 6.54 Å². The first kappa shape index (κ1) is 12.0. The highest BCUT2D eigenvalue weighted by Crippen LogP contribution is 2.12. The van der Waals surface area contributed by atoms with Crippen molar-refractivity contribution in [2.45, 2.75) is 13.1 Å². The molecule has 88 valence electrons. The number of nitrogens with zero attached hydrogens (tertiary/aromatic N) is 2. The summed E-state index contributed by atoms with van der Waals surface area (Å²) in [5.74, 6) is 1.43. The third-order valence-corrected chi connectivity index (χ3v) is 2.74. The molecule has 3 N–H and O–H groups in total. The summed E-state index contributed by atoms with van der Waals surface area (Å²) in [7, 11) is 0. The Balaban J connectivity index is 2.02. The van der Waals surface area contributed by atoms with E-state index in [1.54, 1.807) is 6.20 Å². The molecule has 17 heavy (non-hydrogen) atoms. The number of rotatable bonds is 4. The van der Waals surface area contributed by atoms with Gasteiger partial charge in [-0.25, -0.2) is 9.97 Å². The monoisotopic (exact) mass is 292 g/mol. The van der Waals surface area contributed by atoms with E-state index in [0.717, 1.165) is 16.8 Å². The molecule has 0 spiro atoms. The molecule has 0 radical (unpaired) electrons. The van der Waals surface area contributed by atoms with E-state index >= 15 is 0 Å². The van der Waals surface area contributed by atoms with Crippen molar-refractivity contribution in [2.24, 2.45) is 5.73 Å². The number of nitrogens with one attached hydrogen (secondary N) is 1. The van der Waals surface area contributed by atoms with Crippen molar-refractivity contribution in [1.82, 2.24) is 9.97 Å². The van der Waals surface area contributed by atoms with Crippen molar-refractivity contribution in [1.29, 1.82) is 0 Å². The summed E-state index contributed by atoms with van der Waals surface area (Å²) in [6.45, 7) is 1.08. The van der Waals surface area contributed by atoms with Crippen molar-refractivity contribution >= 4 is 21.7 Å². The highest BCUT2D eigenvalue weighted by atomic mass is 79.9. The Morgan fingerprint density at radius 2 is 2.18 bits per heavy atom. The first-order chi connectivity index (χ1) is 8.28. The Bertz CT molecular complexity index is 501. The minimum atomic E-state index is 0.354. The van der Waals surface area contributed by atoms with Crippen molar-refractivity contribution in [3.8, 4) is 0 Å². The standard InChI is InChI=1S/C12H13BrN4/c13-10-3-1-2-9(6-10)8-16-11-4-5-15-12(7-14)17-11/h1-6H,7-8,14H2,(H,15,16,17). The summed E-state index contributed by atoms with van der Waals surface area (Å²) in [4.78, 5) is 8.31. The zero-order valence-electron chi connectivity index (χ0n) is 9.23. The van der Waals surface area contributed by atoms with Crippen LogP contribution < -0.4 is 11.1 Å². The molecule has 5 heteroatoms. The Hall–Kier alpha value is -1.46. The maximum atomic E-state index is 5.49. The van der Waals surface area contributed by atoms with Gasteiger partial charge in [0.2, 0.25) is 0 Å². The van der Waals surface area contributed by atoms with Gasteiger partial charge in [-0.3, -0.25) is 0 Å². The van der Waals surface area contributed by atoms with Crippen LogP contribution in [0.2, 0.25) is 0 Å². The summed E-state index contributed by atoms with van der Waals surface area (Å²) in [6, 6.07) is 9.96. The largest absolute Gasteiger partial charge is 0.366 e. The van der Waals surface area contributed by atoms with Gasteiger partial charge in [0.1, 0.15) is 11.6 Å². The molecule has 0 saturated carbocycles. The summed E-state index contributed by atoms with van der Waals surface area (Å²) in [6.07, 6.45) is 1.71. The van der Waals surface area contributed by atoms with Gasteiger partial charge >= 0.3 is 0 Å². The van der Waals surface area contributed by atoms with Gasteiger partial charge in [-0.2, -0.15) is 0 Å². The van der Waals surface area contributed by atoms with E-state index < -0.39 is 0 Å². The van der Waals surface area contributed by atoms with Gasteiger partial charge in [-0.05, 0) is 23.8 Å². The predicted octanol–water partition coefficient (Wildman–Crippen LogP) is 2.31. The zero-order valence-corrected chi connectivity index (χ0v) is 10.8. The highest BCUT2D eigenvalue weighted by Gasteiger charge is 1.98. The lowest BCUT2D eigenvalue weighted by atomic mass is 10.2. The fraction of sp³-hybridized carbons (Fsp3) is 0.167. The first-order valence-electron chi connectivity index (χ1n) is 5.28. The maximum absolute atomic E-state index is 5.49. The average molecular weight is 293 g/mol. The van der Waals surface area contributed by atoms with E-state index in [1.165, 1.54) is 5.56 Å². The lowest BCUT2D eigenvalue weighted by Crippen LogP contribution is -2.07. The normalized spacial score (nSPS) is 10.2. The summed E-state index contributed by atoms with van der Waals surface area (Å²) in [5, 5.41) is 3.24. The number of hydrogen-bond donors (Lipinski definition) is 2. The Morgan fingerprint density at radius 1 is 1.29 bits per heavy atom. The molecule has 0 aliphatic rings. The molecule has 0 atom stereocenters. The lowest BCUT2D eigenvalue weighted by molar-refractivity contribution is 0.904. The van der Waals surface area contributed by atoms with Gasteiger partial charge in [-0.1, -0.05) is 28.1 Å². The summed E-state index contributed by atoms with van der Waals surface area (Å²) < 4.78 is 1.07. The third-order valence-electron chi connectivity index (χ3n) is 2.25. The predicted molar refractivity (Wildman–Crippen MR) is 71.4 cm³/mol. The SMILES string of the molecule is NCc1nccc(NCc2cccc(Br)c2)n1. The van der Waals surface area contributed by atoms with E-state index in [4.69, 9.17) is 5.73 Å². The van der Waals surface area contributed by atoms with Crippen LogP contribution in [0.3, 0.4) is 0 Å². The number of aromatic nitrogens is 2. The minimum Gasteiger partial charge on any atom is -0.366 e. The van der Waals surface area contributed by atoms with E-state index in [-0.39, 0.29) is 0 Å². The van der Waals surface area contributed by atoms with Crippen molar-refractivity contribution in [3.63, 3.8) is 0 Å². The van der Waals surface area contributed by atoms with Gasteiger partial charge in [-0.15, -0.1) is 0 Å². The lowest BCUT2D eigenvalue weighted by Gasteiger charge is -2.06. The molecule has 0 saturated heterocycles. The molecule has 0 aliphatic heterocycles. The van der Waals surface area contributed by atoms with E-state index in [9.17, 15) is 0 Å². The zero-order chi connectivity index (χ0) is 12.1. The van der Waals surface area contributed by atoms with Crippen LogP contribution in [0.25, 0.3) is 0 Å².